The summed E-state index contributed by atoms with van der Waals surface area (Å²) in [7, 11) is -3.68. The van der Waals surface area contributed by atoms with Gasteiger partial charge in [-0.15, -0.1) is 11.3 Å². The fraction of sp³-hybridized carbons (Fsp3) is 0.450. The maximum atomic E-state index is 13.2. The van der Waals surface area contributed by atoms with E-state index in [0.29, 0.717) is 45.8 Å². The van der Waals surface area contributed by atoms with Gasteiger partial charge in [-0.3, -0.25) is 19.8 Å². The number of carbonyl (C=O) groups is 1. The lowest BCUT2D eigenvalue weighted by Crippen LogP contribution is -2.48. The number of hydrogen-bond donors (Lipinski definition) is 0. The van der Waals surface area contributed by atoms with E-state index in [2.05, 4.69) is 4.90 Å². The van der Waals surface area contributed by atoms with Crippen LogP contribution in [0, 0.1) is 10.1 Å². The van der Waals surface area contributed by atoms with E-state index in [9.17, 15) is 23.3 Å². The van der Waals surface area contributed by atoms with Crippen molar-refractivity contribution in [2.24, 2.45) is 0 Å². The lowest BCUT2D eigenvalue weighted by atomic mass is 10.1. The third kappa shape index (κ3) is 4.99. The predicted molar refractivity (Wildman–Crippen MR) is 125 cm³/mol. The third-order valence-corrected chi connectivity index (χ3v) is 9.51. The highest BCUT2D eigenvalue weighted by Gasteiger charge is 2.33. The van der Waals surface area contributed by atoms with Crippen LogP contribution in [0.3, 0.4) is 0 Å². The lowest BCUT2D eigenvalue weighted by Gasteiger charge is -2.34. The van der Waals surface area contributed by atoms with Crippen molar-refractivity contribution in [3.05, 3.63) is 56.3 Å². The Hall–Kier alpha value is -1.99. The molecule has 2 aliphatic heterocycles. The van der Waals surface area contributed by atoms with Crippen LogP contribution >= 0.6 is 23.1 Å². The van der Waals surface area contributed by atoms with Crippen LogP contribution in [0.5, 0.6) is 0 Å². The molecule has 0 spiro atoms. The zero-order chi connectivity index (χ0) is 22.7. The molecule has 0 N–H and O–H groups in total. The average molecular weight is 497 g/mol. The number of nitro benzene ring substituents is 1. The van der Waals surface area contributed by atoms with Crippen molar-refractivity contribution in [3.8, 4) is 0 Å². The Labute approximate surface area is 195 Å². The number of nitrogens with zero attached hydrogens (tertiary/aromatic N) is 4. The molecule has 0 unspecified atom stereocenters. The molecule has 0 radical (unpaired) electrons. The molecule has 2 fully saturated rings. The fourth-order valence-corrected chi connectivity index (χ4v) is 7.80. The Morgan fingerprint density at radius 1 is 1.06 bits per heavy atom. The minimum Gasteiger partial charge on any atom is -0.335 e. The minimum atomic E-state index is -3.68. The average Bonchev–Trinajstić information content (AvgIpc) is 3.31. The molecule has 1 amide bonds. The second kappa shape index (κ2) is 9.87. The van der Waals surface area contributed by atoms with Crippen LogP contribution in [0.15, 0.2) is 40.6 Å². The zero-order valence-electron chi connectivity index (χ0n) is 17.4. The minimum absolute atomic E-state index is 0.0649. The van der Waals surface area contributed by atoms with E-state index in [1.807, 2.05) is 6.07 Å². The normalized spacial score (nSPS) is 18.6. The predicted octanol–water partition coefficient (Wildman–Crippen LogP) is 2.35. The second-order valence-electron chi connectivity index (χ2n) is 7.63. The Bertz CT molecular complexity index is 1090. The smallest absolute Gasteiger partial charge is 0.269 e. The first kappa shape index (κ1) is 23.2. The highest BCUT2D eigenvalue weighted by atomic mass is 32.2. The van der Waals surface area contributed by atoms with Crippen molar-refractivity contribution in [1.29, 1.82) is 0 Å². The molecule has 0 atom stereocenters. The molecule has 3 heterocycles. The van der Waals surface area contributed by atoms with Crippen LogP contribution in [-0.2, 0) is 16.6 Å². The van der Waals surface area contributed by atoms with E-state index in [4.69, 9.17) is 0 Å². The van der Waals surface area contributed by atoms with Crippen molar-refractivity contribution in [1.82, 2.24) is 14.1 Å². The molecular formula is C20H24N4O5S3. The molecule has 172 valence electrons. The monoisotopic (exact) mass is 496 g/mol. The molecule has 0 aliphatic carbocycles. The van der Waals surface area contributed by atoms with Gasteiger partial charge >= 0.3 is 0 Å². The number of benzene rings is 1. The number of carbonyl (C=O) groups excluding carboxylic acids is 1. The first-order valence-corrected chi connectivity index (χ1v) is 13.7. The number of amides is 1. The summed E-state index contributed by atoms with van der Waals surface area (Å²) in [6.45, 7) is 3.68. The number of rotatable bonds is 6. The molecule has 12 heteroatoms. The van der Waals surface area contributed by atoms with Gasteiger partial charge in [0, 0.05) is 69.5 Å². The van der Waals surface area contributed by atoms with Gasteiger partial charge in [0.2, 0.25) is 10.0 Å². The number of thiophene rings is 1. The van der Waals surface area contributed by atoms with Crippen LogP contribution < -0.4 is 0 Å². The highest BCUT2D eigenvalue weighted by molar-refractivity contribution is 7.99. The van der Waals surface area contributed by atoms with Gasteiger partial charge in [-0.25, -0.2) is 8.42 Å². The summed E-state index contributed by atoms with van der Waals surface area (Å²) in [5.41, 5.74) is 0.917. The first-order valence-electron chi connectivity index (χ1n) is 10.3. The summed E-state index contributed by atoms with van der Waals surface area (Å²) in [5.74, 6) is 1.28. The van der Waals surface area contributed by atoms with E-state index in [1.165, 1.54) is 27.8 Å². The summed E-state index contributed by atoms with van der Waals surface area (Å²) in [6.07, 6.45) is 0. The second-order valence-corrected chi connectivity index (χ2v) is 11.7. The summed E-state index contributed by atoms with van der Waals surface area (Å²) < 4.78 is 27.6. The Morgan fingerprint density at radius 2 is 1.78 bits per heavy atom. The molecular weight excluding hydrogens is 472 g/mol. The van der Waals surface area contributed by atoms with Gasteiger partial charge in [-0.05, 0) is 17.0 Å². The van der Waals surface area contributed by atoms with Crippen molar-refractivity contribution in [3.63, 3.8) is 0 Å². The van der Waals surface area contributed by atoms with E-state index >= 15 is 0 Å². The van der Waals surface area contributed by atoms with Gasteiger partial charge in [-0.2, -0.15) is 16.1 Å². The topological polar surface area (TPSA) is 104 Å². The molecule has 2 aliphatic rings. The SMILES string of the molecule is O=C(c1sccc1S(=O)(=O)N1CCSCC1)N1CCN(Cc2cccc([N+](=O)[O-])c2)CC1. The number of thioether (sulfide) groups is 1. The molecule has 32 heavy (non-hydrogen) atoms. The summed E-state index contributed by atoms with van der Waals surface area (Å²) in [4.78, 5) is 27.9. The van der Waals surface area contributed by atoms with Gasteiger partial charge in [-0.1, -0.05) is 12.1 Å². The fourth-order valence-electron chi connectivity index (χ4n) is 3.86. The van der Waals surface area contributed by atoms with Crippen LogP contribution in [0.25, 0.3) is 0 Å². The zero-order valence-corrected chi connectivity index (χ0v) is 19.8. The molecule has 9 nitrogen and oxygen atoms in total. The lowest BCUT2D eigenvalue weighted by molar-refractivity contribution is -0.384. The van der Waals surface area contributed by atoms with Gasteiger partial charge in [0.15, 0.2) is 0 Å². The number of non-ortho nitro benzene ring substituents is 1. The van der Waals surface area contributed by atoms with E-state index < -0.39 is 14.9 Å². The molecule has 0 bridgehead atoms. The summed E-state index contributed by atoms with van der Waals surface area (Å²) >= 11 is 2.90. The van der Waals surface area contributed by atoms with Crippen LogP contribution in [0.1, 0.15) is 15.2 Å². The van der Waals surface area contributed by atoms with Crippen LogP contribution in [0.4, 0.5) is 5.69 Å². The Morgan fingerprint density at radius 3 is 2.47 bits per heavy atom. The summed E-state index contributed by atoms with van der Waals surface area (Å²) in [5, 5.41) is 12.6. The molecule has 0 saturated carbocycles. The van der Waals surface area contributed by atoms with Crippen LogP contribution in [-0.4, -0.2) is 84.1 Å². The van der Waals surface area contributed by atoms with E-state index in [0.717, 1.165) is 17.1 Å². The highest BCUT2D eigenvalue weighted by Crippen LogP contribution is 2.28. The quantitative estimate of drug-likeness (QED) is 0.447. The van der Waals surface area contributed by atoms with Crippen molar-refractivity contribution in [2.45, 2.75) is 11.4 Å². The third-order valence-electron chi connectivity index (χ3n) is 5.60. The summed E-state index contributed by atoms with van der Waals surface area (Å²) in [6, 6.07) is 8.10. The van der Waals surface area contributed by atoms with Crippen molar-refractivity contribution >= 4 is 44.7 Å². The maximum Gasteiger partial charge on any atom is 0.269 e. The van der Waals surface area contributed by atoms with Gasteiger partial charge in [0.1, 0.15) is 9.77 Å². The van der Waals surface area contributed by atoms with Crippen LogP contribution in [0.2, 0.25) is 0 Å². The Kier molecular flexibility index (Phi) is 7.15. The number of hydrogen-bond acceptors (Lipinski definition) is 8. The van der Waals surface area contributed by atoms with Gasteiger partial charge < -0.3 is 4.90 Å². The maximum absolute atomic E-state index is 13.2. The largest absolute Gasteiger partial charge is 0.335 e. The number of nitro groups is 1. The molecule has 1 aromatic carbocycles. The standard InChI is InChI=1S/C20H24N4O5S3/c25-20(19-18(4-11-31-19)32(28,29)23-9-12-30-13-10-23)22-7-5-21(6-8-22)15-16-2-1-3-17(14-16)24(26)27/h1-4,11,14H,5-10,12-13,15H2. The molecule has 2 saturated heterocycles. The van der Waals surface area contributed by atoms with Crippen molar-refractivity contribution < 1.29 is 18.1 Å². The van der Waals surface area contributed by atoms with Gasteiger partial charge in [0.25, 0.3) is 11.6 Å². The molecule has 2 aromatic rings. The molecule has 4 rings (SSSR count). The molecule has 1 aromatic heterocycles. The number of sulfonamides is 1. The van der Waals surface area contributed by atoms with Crippen molar-refractivity contribution in [2.75, 3.05) is 50.8 Å². The Balaban J connectivity index is 1.40. The van der Waals surface area contributed by atoms with E-state index in [1.54, 1.807) is 34.2 Å². The van der Waals surface area contributed by atoms with E-state index in [-0.39, 0.29) is 21.4 Å². The first-order chi connectivity index (χ1) is 15.4. The van der Waals surface area contributed by atoms with Gasteiger partial charge in [0.05, 0.1) is 4.92 Å². The number of piperazine rings is 1.